The second-order valence-electron chi connectivity index (χ2n) is 4.68. The molecule has 1 aliphatic heterocycles. The summed E-state index contributed by atoms with van der Waals surface area (Å²) < 4.78 is 0. The monoisotopic (exact) mass is 284 g/mol. The summed E-state index contributed by atoms with van der Waals surface area (Å²) >= 11 is 5.93. The van der Waals surface area contributed by atoms with Crippen LogP contribution in [0.5, 0.6) is 0 Å². The first-order valence-electron chi connectivity index (χ1n) is 6.26. The summed E-state index contributed by atoms with van der Waals surface area (Å²) in [6.07, 6.45) is 2.58. The first-order valence-corrected chi connectivity index (χ1v) is 6.63. The standard InChI is InChI=1S/C16H13ClN2O/c17-13-7-5-11(6-8-13)16-15-4-2-1-3-12(15)9-14(10-20)19(16)18/h1-10,16H,18H2. The molecule has 0 saturated heterocycles. The van der Waals surface area contributed by atoms with Gasteiger partial charge in [0.15, 0.2) is 6.29 Å². The average Bonchev–Trinajstić information content (AvgIpc) is 2.48. The second kappa shape index (κ2) is 5.12. The fourth-order valence-corrected chi connectivity index (χ4v) is 2.63. The van der Waals surface area contributed by atoms with E-state index in [1.165, 1.54) is 5.01 Å². The van der Waals surface area contributed by atoms with Crippen LogP contribution in [0, 0.1) is 0 Å². The molecule has 1 atom stereocenters. The van der Waals surface area contributed by atoms with E-state index >= 15 is 0 Å². The van der Waals surface area contributed by atoms with Crippen molar-refractivity contribution in [1.29, 1.82) is 0 Å². The number of hydrazine groups is 1. The maximum atomic E-state index is 11.2. The molecule has 0 aromatic heterocycles. The van der Waals surface area contributed by atoms with Crippen molar-refractivity contribution in [3.63, 3.8) is 0 Å². The zero-order valence-corrected chi connectivity index (χ0v) is 11.4. The molecule has 2 N–H and O–H groups in total. The Bertz CT molecular complexity index is 679. The van der Waals surface area contributed by atoms with E-state index in [0.717, 1.165) is 23.0 Å². The molecule has 0 amide bonds. The minimum absolute atomic E-state index is 0.186. The number of nitrogens with two attached hydrogens (primary N) is 1. The average molecular weight is 285 g/mol. The van der Waals surface area contributed by atoms with Crippen LogP contribution in [0.1, 0.15) is 22.7 Å². The van der Waals surface area contributed by atoms with Gasteiger partial charge in [0.25, 0.3) is 0 Å². The van der Waals surface area contributed by atoms with Gasteiger partial charge in [0, 0.05) is 5.02 Å². The fraction of sp³-hybridized carbons (Fsp3) is 0.0625. The van der Waals surface area contributed by atoms with Crippen LogP contribution >= 0.6 is 11.6 Å². The number of hydrogen-bond donors (Lipinski definition) is 1. The van der Waals surface area contributed by atoms with E-state index in [1.54, 1.807) is 6.08 Å². The molecule has 2 aromatic carbocycles. The predicted octanol–water partition coefficient (Wildman–Crippen LogP) is 3.16. The van der Waals surface area contributed by atoms with Crippen LogP contribution in [0.4, 0.5) is 0 Å². The molecule has 0 fully saturated rings. The Morgan fingerprint density at radius 2 is 1.80 bits per heavy atom. The number of carbonyl (C=O) groups excluding carboxylic acids is 1. The molecular weight excluding hydrogens is 272 g/mol. The second-order valence-corrected chi connectivity index (χ2v) is 5.11. The molecule has 1 aliphatic rings. The van der Waals surface area contributed by atoms with Gasteiger partial charge in [0.1, 0.15) is 0 Å². The van der Waals surface area contributed by atoms with Gasteiger partial charge < -0.3 is 0 Å². The Kier molecular flexibility index (Phi) is 3.30. The van der Waals surface area contributed by atoms with Crippen molar-refractivity contribution in [2.45, 2.75) is 6.04 Å². The maximum Gasteiger partial charge on any atom is 0.167 e. The molecule has 20 heavy (non-hydrogen) atoms. The van der Waals surface area contributed by atoms with Gasteiger partial charge >= 0.3 is 0 Å². The smallest absolute Gasteiger partial charge is 0.167 e. The number of allylic oxidation sites excluding steroid dienone is 1. The van der Waals surface area contributed by atoms with Gasteiger partial charge in [0.05, 0.1) is 11.7 Å². The van der Waals surface area contributed by atoms with E-state index in [-0.39, 0.29) is 6.04 Å². The van der Waals surface area contributed by atoms with E-state index in [1.807, 2.05) is 48.5 Å². The van der Waals surface area contributed by atoms with Gasteiger partial charge in [-0.25, -0.2) is 5.84 Å². The summed E-state index contributed by atoms with van der Waals surface area (Å²) in [6, 6.07) is 15.2. The van der Waals surface area contributed by atoms with E-state index in [4.69, 9.17) is 17.4 Å². The molecule has 3 nitrogen and oxygen atoms in total. The zero-order chi connectivity index (χ0) is 14.1. The summed E-state index contributed by atoms with van der Waals surface area (Å²) in [5.74, 6) is 6.12. The fourth-order valence-electron chi connectivity index (χ4n) is 2.50. The Morgan fingerprint density at radius 3 is 2.50 bits per heavy atom. The summed E-state index contributed by atoms with van der Waals surface area (Å²) in [5.41, 5.74) is 3.54. The van der Waals surface area contributed by atoms with Gasteiger partial charge in [-0.3, -0.25) is 9.80 Å². The van der Waals surface area contributed by atoms with Crippen molar-refractivity contribution >= 4 is 24.0 Å². The highest BCUT2D eigenvalue weighted by atomic mass is 35.5. The maximum absolute atomic E-state index is 11.2. The molecule has 1 unspecified atom stereocenters. The number of hydrogen-bond acceptors (Lipinski definition) is 3. The number of carbonyl (C=O) groups is 1. The van der Waals surface area contributed by atoms with Crippen molar-refractivity contribution in [3.8, 4) is 0 Å². The molecule has 4 heteroatoms. The van der Waals surface area contributed by atoms with Crippen molar-refractivity contribution in [2.24, 2.45) is 5.84 Å². The molecule has 1 heterocycles. The highest BCUT2D eigenvalue weighted by Gasteiger charge is 2.27. The number of benzene rings is 2. The Hall–Kier alpha value is -2.10. The minimum Gasteiger partial charge on any atom is -0.296 e. The molecule has 100 valence electrons. The number of fused-ring (bicyclic) bond motifs is 1. The molecular formula is C16H13ClN2O. The SMILES string of the molecule is NN1C(C=O)=Cc2ccccc2C1c1ccc(Cl)cc1. The normalized spacial score (nSPS) is 17.4. The molecule has 3 rings (SSSR count). The van der Waals surface area contributed by atoms with E-state index in [2.05, 4.69) is 0 Å². The van der Waals surface area contributed by atoms with Crippen LogP contribution in [0.25, 0.3) is 6.08 Å². The zero-order valence-electron chi connectivity index (χ0n) is 10.7. The lowest BCUT2D eigenvalue weighted by Crippen LogP contribution is -2.38. The molecule has 2 aromatic rings. The van der Waals surface area contributed by atoms with E-state index < -0.39 is 0 Å². The largest absolute Gasteiger partial charge is 0.296 e. The molecule has 0 spiro atoms. The summed E-state index contributed by atoms with van der Waals surface area (Å²) in [5, 5.41) is 2.17. The molecule has 0 saturated carbocycles. The van der Waals surface area contributed by atoms with Crippen molar-refractivity contribution in [1.82, 2.24) is 5.01 Å². The Balaban J connectivity index is 2.16. The topological polar surface area (TPSA) is 46.3 Å². The summed E-state index contributed by atoms with van der Waals surface area (Å²) in [6.45, 7) is 0. The van der Waals surface area contributed by atoms with Gasteiger partial charge in [0.2, 0.25) is 0 Å². The van der Waals surface area contributed by atoms with Crippen molar-refractivity contribution < 1.29 is 4.79 Å². The molecule has 0 radical (unpaired) electrons. The van der Waals surface area contributed by atoms with Crippen molar-refractivity contribution in [3.05, 3.63) is 75.9 Å². The molecule has 0 bridgehead atoms. The van der Waals surface area contributed by atoms with Gasteiger partial charge in [-0.15, -0.1) is 0 Å². The molecule has 0 aliphatic carbocycles. The predicted molar refractivity (Wildman–Crippen MR) is 79.8 cm³/mol. The Morgan fingerprint density at radius 1 is 1.10 bits per heavy atom. The first-order chi connectivity index (χ1) is 9.70. The van der Waals surface area contributed by atoms with Gasteiger partial charge in [-0.2, -0.15) is 0 Å². The van der Waals surface area contributed by atoms with Crippen LogP contribution in [-0.2, 0) is 4.79 Å². The number of rotatable bonds is 2. The quantitative estimate of drug-likeness (QED) is 0.681. The highest BCUT2D eigenvalue weighted by Crippen LogP contribution is 2.36. The van der Waals surface area contributed by atoms with Crippen LogP contribution in [-0.4, -0.2) is 11.3 Å². The van der Waals surface area contributed by atoms with Gasteiger partial charge in [-0.05, 0) is 34.9 Å². The minimum atomic E-state index is -0.186. The lowest BCUT2D eigenvalue weighted by atomic mass is 9.90. The third-order valence-corrected chi connectivity index (χ3v) is 3.73. The number of nitrogens with zero attached hydrogens (tertiary/aromatic N) is 1. The van der Waals surface area contributed by atoms with E-state index in [0.29, 0.717) is 10.7 Å². The number of halogens is 1. The van der Waals surface area contributed by atoms with E-state index in [9.17, 15) is 4.79 Å². The van der Waals surface area contributed by atoms with Gasteiger partial charge in [-0.1, -0.05) is 48.0 Å². The summed E-state index contributed by atoms with van der Waals surface area (Å²) in [7, 11) is 0. The Labute approximate surface area is 122 Å². The van der Waals surface area contributed by atoms with Crippen molar-refractivity contribution in [2.75, 3.05) is 0 Å². The van der Waals surface area contributed by atoms with Crippen LogP contribution in [0.3, 0.4) is 0 Å². The third-order valence-electron chi connectivity index (χ3n) is 3.48. The van der Waals surface area contributed by atoms with Crippen LogP contribution < -0.4 is 5.84 Å². The van der Waals surface area contributed by atoms with Crippen LogP contribution in [0.15, 0.2) is 54.2 Å². The third kappa shape index (κ3) is 2.11. The number of aldehydes is 1. The van der Waals surface area contributed by atoms with Crippen LogP contribution in [0.2, 0.25) is 5.02 Å². The lowest BCUT2D eigenvalue weighted by molar-refractivity contribution is -0.106. The highest BCUT2D eigenvalue weighted by molar-refractivity contribution is 6.30. The first kappa shape index (κ1) is 12.9. The lowest BCUT2D eigenvalue weighted by Gasteiger charge is -2.34. The summed E-state index contributed by atoms with van der Waals surface area (Å²) in [4.78, 5) is 11.2.